The number of nitrogens with one attached hydrogen (secondary N) is 1. The molecule has 16 heavy (non-hydrogen) atoms. The summed E-state index contributed by atoms with van der Waals surface area (Å²) in [5, 5.41) is 4.88. The van der Waals surface area contributed by atoms with E-state index in [0.29, 0.717) is 11.6 Å². The first kappa shape index (κ1) is 10.8. The summed E-state index contributed by atoms with van der Waals surface area (Å²) in [5.41, 5.74) is 0.853. The van der Waals surface area contributed by atoms with Crippen LogP contribution in [0.25, 0.3) is 0 Å². The molecule has 1 aromatic carbocycles. The van der Waals surface area contributed by atoms with Crippen LogP contribution in [-0.4, -0.2) is 10.9 Å². The molecule has 1 amide bonds. The van der Waals surface area contributed by atoms with E-state index in [9.17, 15) is 9.18 Å². The third kappa shape index (κ3) is 2.64. The molecular formula is C11H9FN2OS. The van der Waals surface area contributed by atoms with Crippen molar-refractivity contribution in [3.63, 3.8) is 0 Å². The fourth-order valence-electron chi connectivity index (χ4n) is 1.20. The van der Waals surface area contributed by atoms with Crippen LogP contribution in [0.3, 0.4) is 0 Å². The van der Waals surface area contributed by atoms with Gasteiger partial charge in [0.25, 0.3) is 5.91 Å². The van der Waals surface area contributed by atoms with E-state index in [-0.39, 0.29) is 11.7 Å². The van der Waals surface area contributed by atoms with Crippen molar-refractivity contribution in [3.05, 3.63) is 52.2 Å². The van der Waals surface area contributed by atoms with Crippen molar-refractivity contribution in [2.45, 2.75) is 6.54 Å². The van der Waals surface area contributed by atoms with E-state index < -0.39 is 0 Å². The molecule has 0 spiro atoms. The second kappa shape index (κ2) is 4.85. The van der Waals surface area contributed by atoms with Gasteiger partial charge in [0, 0.05) is 18.1 Å². The summed E-state index contributed by atoms with van der Waals surface area (Å²) >= 11 is 1.29. The number of halogens is 1. The largest absolute Gasteiger partial charge is 0.346 e. The highest BCUT2D eigenvalue weighted by Gasteiger charge is 2.06. The van der Waals surface area contributed by atoms with Crippen LogP contribution in [0.1, 0.15) is 15.4 Å². The molecule has 0 fully saturated rings. The Hall–Kier alpha value is -1.75. The highest BCUT2D eigenvalue weighted by Crippen LogP contribution is 2.05. The van der Waals surface area contributed by atoms with Crippen LogP contribution in [0.2, 0.25) is 0 Å². The SMILES string of the molecule is O=C(NCc1ccc(F)cc1)c1nccs1. The zero-order valence-corrected chi connectivity index (χ0v) is 9.13. The zero-order valence-electron chi connectivity index (χ0n) is 8.31. The van der Waals surface area contributed by atoms with Gasteiger partial charge in [0.05, 0.1) is 0 Å². The standard InChI is InChI=1S/C11H9FN2OS/c12-9-3-1-8(2-4-9)7-14-10(15)11-13-5-6-16-11/h1-6H,7H2,(H,14,15). The predicted molar refractivity (Wildman–Crippen MR) is 59.7 cm³/mol. The molecule has 1 N–H and O–H groups in total. The molecule has 1 heterocycles. The highest BCUT2D eigenvalue weighted by atomic mass is 32.1. The van der Waals surface area contributed by atoms with Crippen molar-refractivity contribution in [2.24, 2.45) is 0 Å². The van der Waals surface area contributed by atoms with Crippen LogP contribution < -0.4 is 5.32 Å². The van der Waals surface area contributed by atoms with Crippen LogP contribution in [0, 0.1) is 5.82 Å². The molecule has 0 radical (unpaired) electrons. The van der Waals surface area contributed by atoms with Crippen molar-refractivity contribution < 1.29 is 9.18 Å². The number of hydrogen-bond donors (Lipinski definition) is 1. The first-order chi connectivity index (χ1) is 7.75. The molecule has 0 atom stereocenters. The minimum absolute atomic E-state index is 0.209. The minimum atomic E-state index is -0.282. The van der Waals surface area contributed by atoms with Gasteiger partial charge in [-0.3, -0.25) is 4.79 Å². The lowest BCUT2D eigenvalue weighted by atomic mass is 10.2. The van der Waals surface area contributed by atoms with E-state index in [0.717, 1.165) is 5.56 Å². The topological polar surface area (TPSA) is 42.0 Å². The Balaban J connectivity index is 1.93. The van der Waals surface area contributed by atoms with Crippen LogP contribution in [-0.2, 0) is 6.54 Å². The van der Waals surface area contributed by atoms with Gasteiger partial charge in [-0.1, -0.05) is 12.1 Å². The van der Waals surface area contributed by atoms with Crippen LogP contribution in [0.15, 0.2) is 35.8 Å². The Bertz CT molecular complexity index is 467. The molecule has 0 aliphatic heterocycles. The Morgan fingerprint density at radius 2 is 2.12 bits per heavy atom. The van der Waals surface area contributed by atoms with Gasteiger partial charge in [-0.25, -0.2) is 9.37 Å². The summed E-state index contributed by atoms with van der Waals surface area (Å²) in [6, 6.07) is 6.00. The van der Waals surface area contributed by atoms with Crippen molar-refractivity contribution in [3.8, 4) is 0 Å². The molecule has 2 aromatic rings. The van der Waals surface area contributed by atoms with Gasteiger partial charge in [0.1, 0.15) is 5.82 Å². The summed E-state index contributed by atoms with van der Waals surface area (Å²) < 4.78 is 12.6. The first-order valence-corrected chi connectivity index (χ1v) is 5.56. The number of carbonyl (C=O) groups is 1. The number of hydrogen-bond acceptors (Lipinski definition) is 3. The maximum atomic E-state index is 12.6. The molecule has 0 bridgehead atoms. The Morgan fingerprint density at radius 3 is 2.75 bits per heavy atom. The van der Waals surface area contributed by atoms with E-state index in [2.05, 4.69) is 10.3 Å². The normalized spacial score (nSPS) is 10.1. The van der Waals surface area contributed by atoms with Gasteiger partial charge in [0.2, 0.25) is 0 Å². The molecule has 1 aromatic heterocycles. The smallest absolute Gasteiger partial charge is 0.280 e. The zero-order chi connectivity index (χ0) is 11.4. The summed E-state index contributed by atoms with van der Waals surface area (Å²) in [5.74, 6) is -0.491. The third-order valence-electron chi connectivity index (χ3n) is 1.99. The average Bonchev–Trinajstić information content (AvgIpc) is 2.81. The average molecular weight is 236 g/mol. The van der Waals surface area contributed by atoms with Crippen molar-refractivity contribution in [1.82, 2.24) is 10.3 Å². The molecular weight excluding hydrogens is 227 g/mol. The molecule has 5 heteroatoms. The summed E-state index contributed by atoms with van der Waals surface area (Å²) in [7, 11) is 0. The van der Waals surface area contributed by atoms with Gasteiger partial charge < -0.3 is 5.32 Å². The Kier molecular flexibility index (Phi) is 3.26. The number of benzene rings is 1. The van der Waals surface area contributed by atoms with Crippen molar-refractivity contribution in [2.75, 3.05) is 0 Å². The van der Waals surface area contributed by atoms with Gasteiger partial charge in [-0.2, -0.15) is 0 Å². The summed E-state index contributed by atoms with van der Waals surface area (Å²) in [6.07, 6.45) is 1.58. The lowest BCUT2D eigenvalue weighted by Crippen LogP contribution is -2.22. The summed E-state index contributed by atoms with van der Waals surface area (Å²) in [4.78, 5) is 15.4. The monoisotopic (exact) mass is 236 g/mol. The van der Waals surface area contributed by atoms with E-state index in [1.54, 1.807) is 23.7 Å². The van der Waals surface area contributed by atoms with Crippen molar-refractivity contribution >= 4 is 17.2 Å². The maximum Gasteiger partial charge on any atom is 0.280 e. The fourth-order valence-corrected chi connectivity index (χ4v) is 1.75. The Morgan fingerprint density at radius 1 is 1.38 bits per heavy atom. The lowest BCUT2D eigenvalue weighted by Gasteiger charge is -2.02. The van der Waals surface area contributed by atoms with E-state index in [4.69, 9.17) is 0 Å². The first-order valence-electron chi connectivity index (χ1n) is 4.68. The maximum absolute atomic E-state index is 12.6. The molecule has 0 saturated heterocycles. The second-order valence-corrected chi connectivity index (χ2v) is 4.04. The van der Waals surface area contributed by atoms with E-state index >= 15 is 0 Å². The quantitative estimate of drug-likeness (QED) is 0.887. The third-order valence-corrected chi connectivity index (χ3v) is 2.76. The van der Waals surface area contributed by atoms with Gasteiger partial charge in [0.15, 0.2) is 5.01 Å². The molecule has 2 rings (SSSR count). The Labute approximate surface area is 96.0 Å². The fraction of sp³-hybridized carbons (Fsp3) is 0.0909. The number of amides is 1. The van der Waals surface area contributed by atoms with Gasteiger partial charge in [-0.05, 0) is 17.7 Å². The number of aromatic nitrogens is 1. The second-order valence-electron chi connectivity index (χ2n) is 3.15. The lowest BCUT2D eigenvalue weighted by molar-refractivity contribution is 0.0950. The molecule has 0 unspecified atom stereocenters. The number of thiazole rings is 1. The number of rotatable bonds is 3. The van der Waals surface area contributed by atoms with Crippen molar-refractivity contribution in [1.29, 1.82) is 0 Å². The van der Waals surface area contributed by atoms with Gasteiger partial charge >= 0.3 is 0 Å². The number of nitrogens with zero attached hydrogens (tertiary/aromatic N) is 1. The minimum Gasteiger partial charge on any atom is -0.346 e. The number of carbonyl (C=O) groups excluding carboxylic acids is 1. The van der Waals surface area contributed by atoms with Crippen LogP contribution in [0.5, 0.6) is 0 Å². The molecule has 3 nitrogen and oxygen atoms in total. The predicted octanol–water partition coefficient (Wildman–Crippen LogP) is 2.21. The van der Waals surface area contributed by atoms with E-state index in [1.807, 2.05) is 0 Å². The van der Waals surface area contributed by atoms with E-state index in [1.165, 1.54) is 23.5 Å². The summed E-state index contributed by atoms with van der Waals surface area (Å²) in [6.45, 7) is 0.374. The van der Waals surface area contributed by atoms with Crippen LogP contribution in [0.4, 0.5) is 4.39 Å². The molecule has 0 saturated carbocycles. The molecule has 0 aliphatic rings. The molecule has 82 valence electrons. The van der Waals surface area contributed by atoms with Crippen LogP contribution >= 0.6 is 11.3 Å². The highest BCUT2D eigenvalue weighted by molar-refractivity contribution is 7.11. The van der Waals surface area contributed by atoms with Gasteiger partial charge in [-0.15, -0.1) is 11.3 Å². The molecule has 0 aliphatic carbocycles.